The lowest BCUT2D eigenvalue weighted by Crippen LogP contribution is -2.62. The van der Waals surface area contributed by atoms with Crippen LogP contribution in [0.15, 0.2) is 76.0 Å². The number of amidine groups is 2. The number of β-amino-alcohol motifs (C(OH)–C–C–N with tert-alkyl or cyclic N) is 1. The summed E-state index contributed by atoms with van der Waals surface area (Å²) in [5, 5.41) is 26.2. The van der Waals surface area contributed by atoms with Gasteiger partial charge in [-0.25, -0.2) is 18.6 Å². The average Bonchev–Trinajstić information content (AvgIpc) is 3.44. The SMILES string of the molecule is C=C1CCC(C)C(=O)N1.CC(=O)N(C)c1cc(N2CCC(CN3CCC4(CC3)CN(C(=O)OCC3CCC5CCCN53)C4)CC2)ccc1C.CCC1=C(F)CCc2cc(O)cc(C3=C(F)C4N=C(OC)N=C(N5CCCC(O)C5)C4=CN3)c21. The Labute approximate surface area is 489 Å². The molecule has 2 aromatic carbocycles. The van der Waals surface area contributed by atoms with Crippen LogP contribution in [0.2, 0.25) is 0 Å². The van der Waals surface area contributed by atoms with Gasteiger partial charge in [0.15, 0.2) is 5.83 Å². The Morgan fingerprint density at radius 1 is 0.940 bits per heavy atom. The standard InChI is InChI=1S/C32H49N5O3.C25H28F2N4O3.C7H11NO/c1-24-6-7-28(19-30(24)33(3)25(2)38)35-15-10-26(11-16-35)20-34-17-12-32(13-18-34)22-36(23-32)31(39)40-21-29-9-8-27-5-4-14-37(27)29;1-3-16-19(26)7-6-13-9-15(33)10-17(20(13)16)22-21(27)23-18(11-28-22)24(30-25(29-23)34-2)31-8-4-5-14(32)12-31;1-5-3-4-6(2)8-7(5)9/h6-7,19,26-27,29H,4-5,8-18,20-23H2,1-3H3;9-11,14,23,28,32-33H,3-8,12H2,1-2H3;5H,2-4H2,1H3,(H,8,9). The molecule has 4 N–H and O–H groups in total. The number of hydrogen-bond acceptors (Lipinski definition) is 14. The van der Waals surface area contributed by atoms with Crippen molar-refractivity contribution in [3.05, 3.63) is 88.3 Å². The molecule has 1 spiro atoms. The number of fused-ring (bicyclic) bond motifs is 3. The summed E-state index contributed by atoms with van der Waals surface area (Å²) in [7, 11) is 3.28. The van der Waals surface area contributed by atoms with Crippen LogP contribution in [0.5, 0.6) is 5.75 Å². The van der Waals surface area contributed by atoms with Gasteiger partial charge in [0.05, 0.1) is 18.9 Å². The van der Waals surface area contributed by atoms with E-state index in [1.807, 2.05) is 30.7 Å². The summed E-state index contributed by atoms with van der Waals surface area (Å²) >= 11 is 0. The summed E-state index contributed by atoms with van der Waals surface area (Å²) < 4.78 is 41.9. The molecule has 0 radical (unpaired) electrons. The number of ether oxygens (including phenoxy) is 2. The molecule has 17 nitrogen and oxygen atoms in total. The van der Waals surface area contributed by atoms with Gasteiger partial charge in [-0.3, -0.25) is 14.5 Å². The predicted octanol–water partition coefficient (Wildman–Crippen LogP) is 9.20. The van der Waals surface area contributed by atoms with Crippen molar-refractivity contribution in [3.8, 4) is 5.75 Å². The number of benzene rings is 2. The number of carbonyl (C=O) groups excluding carboxylic acids is 3. The molecule has 3 amide bonds. The van der Waals surface area contributed by atoms with E-state index in [1.54, 1.807) is 24.1 Å². The number of halogens is 2. The Morgan fingerprint density at radius 2 is 1.70 bits per heavy atom. The maximum absolute atomic E-state index is 16.1. The summed E-state index contributed by atoms with van der Waals surface area (Å²) in [6, 6.07) is 9.85. The lowest BCUT2D eigenvalue weighted by atomic mass is 9.72. The van der Waals surface area contributed by atoms with Crippen LogP contribution in [0.3, 0.4) is 0 Å². The average molecular weight is 1150 g/mol. The molecule has 9 heterocycles. The molecular weight excluding hydrogens is 1060 g/mol. The van der Waals surface area contributed by atoms with E-state index in [2.05, 4.69) is 67.0 Å². The lowest BCUT2D eigenvalue weighted by molar-refractivity contribution is -0.125. The first-order valence-corrected chi connectivity index (χ1v) is 30.6. The van der Waals surface area contributed by atoms with Gasteiger partial charge in [-0.1, -0.05) is 26.5 Å². The molecule has 7 fully saturated rings. The fourth-order valence-electron chi connectivity index (χ4n) is 14.2. The summed E-state index contributed by atoms with van der Waals surface area (Å²) in [6.45, 7) is 21.4. The molecule has 10 aliphatic rings. The third kappa shape index (κ3) is 13.3. The van der Waals surface area contributed by atoms with Crippen molar-refractivity contribution in [3.63, 3.8) is 0 Å². The number of anilines is 2. The quantitative estimate of drug-likeness (QED) is 0.197. The number of methoxy groups -OCH3 is 1. The van der Waals surface area contributed by atoms with Crippen molar-refractivity contribution in [1.29, 1.82) is 0 Å². The van der Waals surface area contributed by atoms with E-state index in [1.165, 1.54) is 83.3 Å². The maximum Gasteiger partial charge on any atom is 0.409 e. The fourth-order valence-corrected chi connectivity index (χ4v) is 14.2. The number of rotatable bonds is 8. The van der Waals surface area contributed by atoms with Crippen LogP contribution in [0, 0.1) is 24.2 Å². The minimum atomic E-state index is -1.00. The smallest absolute Gasteiger partial charge is 0.409 e. The largest absolute Gasteiger partial charge is 0.508 e. The number of aliphatic imine (C=N–C) groups is 2. The Balaban J connectivity index is 0.000000163. The molecule has 5 unspecified atom stereocenters. The summed E-state index contributed by atoms with van der Waals surface area (Å²) in [5.41, 5.74) is 7.56. The number of dihydropyridines is 1. The van der Waals surface area contributed by atoms with Crippen molar-refractivity contribution >= 4 is 52.4 Å². The summed E-state index contributed by atoms with van der Waals surface area (Å²) in [5.74, 6) is 0.844. The molecule has 9 aliphatic heterocycles. The van der Waals surface area contributed by atoms with E-state index in [-0.39, 0.29) is 53.5 Å². The van der Waals surface area contributed by atoms with E-state index in [9.17, 15) is 29.0 Å². The number of nitrogens with zero attached hydrogens (tertiary/aromatic N) is 8. The fraction of sp³-hybridized carbons (Fsp3) is 0.609. The molecule has 83 heavy (non-hydrogen) atoms. The number of aromatic hydroxyl groups is 1. The van der Waals surface area contributed by atoms with Crippen LogP contribution >= 0.6 is 0 Å². The van der Waals surface area contributed by atoms with Gasteiger partial charge < -0.3 is 54.8 Å². The van der Waals surface area contributed by atoms with Gasteiger partial charge in [-0.2, -0.15) is 4.99 Å². The Morgan fingerprint density at radius 3 is 2.40 bits per heavy atom. The molecule has 450 valence electrons. The summed E-state index contributed by atoms with van der Waals surface area (Å²) in [4.78, 5) is 57.6. The van der Waals surface area contributed by atoms with Gasteiger partial charge in [0, 0.05) is 124 Å². The lowest BCUT2D eigenvalue weighted by Gasteiger charge is -2.53. The van der Waals surface area contributed by atoms with Crippen molar-refractivity contribution in [2.75, 3.05) is 96.0 Å². The molecule has 7 saturated heterocycles. The van der Waals surface area contributed by atoms with E-state index in [0.29, 0.717) is 78.5 Å². The van der Waals surface area contributed by atoms with Gasteiger partial charge in [0.25, 0.3) is 0 Å². The first-order valence-electron chi connectivity index (χ1n) is 30.6. The zero-order valence-electron chi connectivity index (χ0n) is 49.8. The maximum atomic E-state index is 16.1. The predicted molar refractivity (Wildman–Crippen MR) is 321 cm³/mol. The number of aryl methyl sites for hydroxylation is 2. The molecule has 19 heteroatoms. The van der Waals surface area contributed by atoms with E-state index in [0.717, 1.165) is 93.0 Å². The van der Waals surface area contributed by atoms with Crippen molar-refractivity contribution in [2.45, 2.75) is 148 Å². The van der Waals surface area contributed by atoms with Crippen LogP contribution in [-0.2, 0) is 25.5 Å². The summed E-state index contributed by atoms with van der Waals surface area (Å²) in [6.07, 6.45) is 15.5. The second-order valence-corrected chi connectivity index (χ2v) is 24.9. The molecule has 1 aliphatic carbocycles. The third-order valence-electron chi connectivity index (χ3n) is 19.3. The highest BCUT2D eigenvalue weighted by molar-refractivity contribution is 6.09. The topological polar surface area (TPSA) is 178 Å². The zero-order valence-corrected chi connectivity index (χ0v) is 49.8. The van der Waals surface area contributed by atoms with Gasteiger partial charge in [-0.15, -0.1) is 0 Å². The highest BCUT2D eigenvalue weighted by Crippen LogP contribution is 2.45. The van der Waals surface area contributed by atoms with E-state index >= 15 is 4.39 Å². The number of allylic oxidation sites excluding steroid dienone is 3. The van der Waals surface area contributed by atoms with Crippen molar-refractivity contribution < 1.29 is 42.9 Å². The number of phenols is 1. The van der Waals surface area contributed by atoms with Crippen LogP contribution in [0.4, 0.5) is 25.0 Å². The second-order valence-electron chi connectivity index (χ2n) is 24.9. The van der Waals surface area contributed by atoms with Crippen LogP contribution < -0.4 is 20.4 Å². The Kier molecular flexibility index (Phi) is 18.7. The molecular formula is C64H88F2N10O7. The first kappa shape index (κ1) is 59.8. The molecule has 0 saturated carbocycles. The molecule has 2 aromatic rings. The first-order chi connectivity index (χ1) is 39.9. The number of phenolic OH excluding ortho intramolecular Hbond substituents is 1. The van der Waals surface area contributed by atoms with Gasteiger partial charge >= 0.3 is 12.1 Å². The number of nitrogens with one attached hydrogen (secondary N) is 2. The number of likely N-dealkylation sites (tertiary alicyclic amines) is 3. The van der Waals surface area contributed by atoms with Crippen molar-refractivity contribution in [2.24, 2.45) is 27.2 Å². The molecule has 5 atom stereocenters. The van der Waals surface area contributed by atoms with Gasteiger partial charge in [0.2, 0.25) is 11.8 Å². The van der Waals surface area contributed by atoms with Gasteiger partial charge in [0.1, 0.15) is 30.1 Å². The van der Waals surface area contributed by atoms with E-state index < -0.39 is 18.0 Å². The molecule has 12 rings (SSSR count). The van der Waals surface area contributed by atoms with Crippen LogP contribution in [-0.4, -0.2) is 170 Å². The zero-order chi connectivity index (χ0) is 58.7. The normalized spacial score (nSPS) is 26.2. The molecule has 0 aromatic heterocycles. The Hall–Kier alpha value is -6.31. The Bertz CT molecular complexity index is 2930. The third-order valence-corrected chi connectivity index (χ3v) is 19.3. The van der Waals surface area contributed by atoms with Gasteiger partial charge in [-0.05, 0) is 169 Å². The highest BCUT2D eigenvalue weighted by atomic mass is 19.1. The van der Waals surface area contributed by atoms with Crippen LogP contribution in [0.1, 0.15) is 133 Å². The second kappa shape index (κ2) is 25.9. The van der Waals surface area contributed by atoms with Crippen LogP contribution in [0.25, 0.3) is 11.3 Å². The number of piperidine rings is 4. The number of hydrogen-bond donors (Lipinski definition) is 4. The van der Waals surface area contributed by atoms with Crippen molar-refractivity contribution in [1.82, 2.24) is 30.2 Å². The molecule has 0 bridgehead atoms. The minimum absolute atomic E-state index is 0.00216. The number of aliphatic hydroxyl groups excluding tert-OH is 1. The van der Waals surface area contributed by atoms with E-state index in [4.69, 9.17) is 9.47 Å². The number of amides is 3. The highest BCUT2D eigenvalue weighted by Gasteiger charge is 2.48. The number of aliphatic hydroxyl groups is 1. The number of carbonyl (C=O) groups is 3. The monoisotopic (exact) mass is 1150 g/mol. The minimum Gasteiger partial charge on any atom is -0.508 e.